The molecule has 0 saturated heterocycles. The molecule has 0 radical (unpaired) electrons. The minimum absolute atomic E-state index is 0.143. The van der Waals surface area contributed by atoms with E-state index in [0.717, 1.165) is 24.9 Å². The molecule has 20 heavy (non-hydrogen) atoms. The molecule has 0 amide bonds. The average molecular weight is 296 g/mol. The Bertz CT molecular complexity index is 551. The van der Waals surface area contributed by atoms with Gasteiger partial charge < -0.3 is 5.32 Å². The van der Waals surface area contributed by atoms with E-state index in [2.05, 4.69) is 17.0 Å². The topological polar surface area (TPSA) is 58.2 Å². The predicted octanol–water partition coefficient (Wildman–Crippen LogP) is 2.26. The summed E-state index contributed by atoms with van der Waals surface area (Å²) in [6, 6.07) is 7.19. The number of nitrogens with one attached hydrogen (secondary N) is 2. The standard InChI is InChI=1S/C15H24N2O2S/c1-3-16-11-13-7-4-5-8-14(13)20(18,19)17-12-15(2)9-6-10-15/h4-5,7-8,16-17H,3,6,9-12H2,1-2H3. The molecule has 0 unspecified atom stereocenters. The lowest BCUT2D eigenvalue weighted by Gasteiger charge is -2.38. The molecule has 0 heterocycles. The first-order valence-electron chi connectivity index (χ1n) is 7.25. The molecule has 0 bridgehead atoms. The maximum absolute atomic E-state index is 12.5. The predicted molar refractivity (Wildman–Crippen MR) is 81.0 cm³/mol. The van der Waals surface area contributed by atoms with Crippen LogP contribution in [0.2, 0.25) is 0 Å². The number of hydrogen-bond donors (Lipinski definition) is 2. The zero-order valence-electron chi connectivity index (χ0n) is 12.3. The molecular weight excluding hydrogens is 272 g/mol. The van der Waals surface area contributed by atoms with Gasteiger partial charge in [-0.1, -0.05) is 38.5 Å². The molecule has 1 aromatic rings. The Morgan fingerprint density at radius 1 is 1.25 bits per heavy atom. The van der Waals surface area contributed by atoms with Crippen LogP contribution in [0, 0.1) is 5.41 Å². The normalized spacial score (nSPS) is 17.7. The van der Waals surface area contributed by atoms with E-state index in [0.29, 0.717) is 18.0 Å². The highest BCUT2D eigenvalue weighted by Crippen LogP contribution is 2.39. The first-order chi connectivity index (χ1) is 9.47. The summed E-state index contributed by atoms with van der Waals surface area (Å²) in [7, 11) is -3.42. The van der Waals surface area contributed by atoms with Gasteiger partial charge in [0.2, 0.25) is 10.0 Å². The summed E-state index contributed by atoms with van der Waals surface area (Å²) in [6.07, 6.45) is 3.42. The fraction of sp³-hybridized carbons (Fsp3) is 0.600. The van der Waals surface area contributed by atoms with Gasteiger partial charge in [-0.15, -0.1) is 0 Å². The fourth-order valence-corrected chi connectivity index (χ4v) is 3.91. The second-order valence-corrected chi connectivity index (χ2v) is 7.61. The first kappa shape index (κ1) is 15.5. The van der Waals surface area contributed by atoms with E-state index in [1.165, 1.54) is 6.42 Å². The minimum atomic E-state index is -3.42. The largest absolute Gasteiger partial charge is 0.313 e. The van der Waals surface area contributed by atoms with Gasteiger partial charge in [0, 0.05) is 13.1 Å². The zero-order chi connectivity index (χ0) is 14.6. The Labute approximate surface area is 122 Å². The third kappa shape index (κ3) is 3.59. The van der Waals surface area contributed by atoms with Crippen LogP contribution in [-0.2, 0) is 16.6 Å². The SMILES string of the molecule is CCNCc1ccccc1S(=O)(=O)NCC1(C)CCC1. The van der Waals surface area contributed by atoms with Gasteiger partial charge in [-0.05, 0) is 36.4 Å². The van der Waals surface area contributed by atoms with Crippen LogP contribution < -0.4 is 10.0 Å². The van der Waals surface area contributed by atoms with Gasteiger partial charge in [0.15, 0.2) is 0 Å². The van der Waals surface area contributed by atoms with E-state index in [1.54, 1.807) is 12.1 Å². The van der Waals surface area contributed by atoms with Crippen molar-refractivity contribution in [3.63, 3.8) is 0 Å². The summed E-state index contributed by atoms with van der Waals surface area (Å²) >= 11 is 0. The molecule has 0 atom stereocenters. The monoisotopic (exact) mass is 296 g/mol. The van der Waals surface area contributed by atoms with Crippen molar-refractivity contribution in [3.05, 3.63) is 29.8 Å². The van der Waals surface area contributed by atoms with Crippen LogP contribution in [0.25, 0.3) is 0 Å². The maximum Gasteiger partial charge on any atom is 0.240 e. The Balaban J connectivity index is 2.12. The Morgan fingerprint density at radius 2 is 1.95 bits per heavy atom. The number of hydrogen-bond acceptors (Lipinski definition) is 3. The summed E-state index contributed by atoms with van der Waals surface area (Å²) < 4.78 is 27.7. The molecule has 1 aromatic carbocycles. The van der Waals surface area contributed by atoms with E-state index in [4.69, 9.17) is 0 Å². The molecule has 4 nitrogen and oxygen atoms in total. The second-order valence-electron chi connectivity index (χ2n) is 5.88. The van der Waals surface area contributed by atoms with Crippen molar-refractivity contribution in [2.45, 2.75) is 44.6 Å². The van der Waals surface area contributed by atoms with Crippen LogP contribution >= 0.6 is 0 Å². The summed E-state index contributed by atoms with van der Waals surface area (Å²) in [5.74, 6) is 0. The molecule has 1 fully saturated rings. The van der Waals surface area contributed by atoms with Crippen LogP contribution in [0.1, 0.15) is 38.7 Å². The Kier molecular flexibility index (Phi) is 4.83. The fourth-order valence-electron chi connectivity index (χ4n) is 2.48. The average Bonchev–Trinajstić information content (AvgIpc) is 2.41. The summed E-state index contributed by atoms with van der Waals surface area (Å²) in [6.45, 7) is 6.08. The van der Waals surface area contributed by atoms with Gasteiger partial charge in [0.05, 0.1) is 4.90 Å². The Morgan fingerprint density at radius 3 is 2.55 bits per heavy atom. The van der Waals surface area contributed by atoms with Crippen molar-refractivity contribution in [3.8, 4) is 0 Å². The summed E-state index contributed by atoms with van der Waals surface area (Å²) in [5, 5.41) is 3.18. The van der Waals surface area contributed by atoms with Crippen molar-refractivity contribution in [1.29, 1.82) is 0 Å². The van der Waals surface area contributed by atoms with Gasteiger partial charge in [0.25, 0.3) is 0 Å². The molecule has 0 aliphatic heterocycles. The van der Waals surface area contributed by atoms with E-state index in [-0.39, 0.29) is 5.41 Å². The molecule has 112 valence electrons. The highest BCUT2D eigenvalue weighted by molar-refractivity contribution is 7.89. The van der Waals surface area contributed by atoms with E-state index in [9.17, 15) is 8.42 Å². The van der Waals surface area contributed by atoms with Crippen LogP contribution in [0.3, 0.4) is 0 Å². The lowest BCUT2D eigenvalue weighted by molar-refractivity contribution is 0.166. The molecule has 1 aliphatic carbocycles. The van der Waals surface area contributed by atoms with Gasteiger partial charge in [0.1, 0.15) is 0 Å². The highest BCUT2D eigenvalue weighted by Gasteiger charge is 2.33. The quantitative estimate of drug-likeness (QED) is 0.811. The van der Waals surface area contributed by atoms with E-state index in [1.807, 2.05) is 19.1 Å². The molecule has 5 heteroatoms. The lowest BCUT2D eigenvalue weighted by atomic mass is 9.71. The summed E-state index contributed by atoms with van der Waals surface area (Å²) in [5.41, 5.74) is 0.963. The molecule has 2 rings (SSSR count). The van der Waals surface area contributed by atoms with Crippen LogP contribution in [0.4, 0.5) is 0 Å². The minimum Gasteiger partial charge on any atom is -0.313 e. The van der Waals surface area contributed by atoms with Crippen molar-refractivity contribution in [1.82, 2.24) is 10.0 Å². The third-order valence-corrected chi connectivity index (χ3v) is 5.58. The molecular formula is C15H24N2O2S. The van der Waals surface area contributed by atoms with E-state index >= 15 is 0 Å². The maximum atomic E-state index is 12.5. The second kappa shape index (κ2) is 6.24. The van der Waals surface area contributed by atoms with Crippen molar-refractivity contribution < 1.29 is 8.42 Å². The summed E-state index contributed by atoms with van der Waals surface area (Å²) in [4.78, 5) is 0.392. The van der Waals surface area contributed by atoms with Crippen LogP contribution in [0.5, 0.6) is 0 Å². The smallest absolute Gasteiger partial charge is 0.240 e. The molecule has 1 aliphatic rings. The number of sulfonamides is 1. The van der Waals surface area contributed by atoms with Gasteiger partial charge >= 0.3 is 0 Å². The van der Waals surface area contributed by atoms with Gasteiger partial charge in [-0.3, -0.25) is 0 Å². The highest BCUT2D eigenvalue weighted by atomic mass is 32.2. The third-order valence-electron chi connectivity index (χ3n) is 4.08. The lowest BCUT2D eigenvalue weighted by Crippen LogP contribution is -2.40. The number of rotatable bonds is 7. The van der Waals surface area contributed by atoms with Crippen molar-refractivity contribution in [2.24, 2.45) is 5.41 Å². The first-order valence-corrected chi connectivity index (χ1v) is 8.73. The zero-order valence-corrected chi connectivity index (χ0v) is 13.1. The van der Waals surface area contributed by atoms with Crippen LogP contribution in [-0.4, -0.2) is 21.5 Å². The molecule has 0 spiro atoms. The Hall–Kier alpha value is -0.910. The van der Waals surface area contributed by atoms with Crippen molar-refractivity contribution in [2.75, 3.05) is 13.1 Å². The molecule has 1 saturated carbocycles. The molecule has 2 N–H and O–H groups in total. The van der Waals surface area contributed by atoms with Gasteiger partial charge in [-0.25, -0.2) is 13.1 Å². The number of benzene rings is 1. The van der Waals surface area contributed by atoms with Gasteiger partial charge in [-0.2, -0.15) is 0 Å². The molecule has 0 aromatic heterocycles. The van der Waals surface area contributed by atoms with E-state index < -0.39 is 10.0 Å². The van der Waals surface area contributed by atoms with Crippen LogP contribution in [0.15, 0.2) is 29.2 Å². The van der Waals surface area contributed by atoms with Crippen molar-refractivity contribution >= 4 is 10.0 Å².